The number of urea groups is 1. The van der Waals surface area contributed by atoms with Gasteiger partial charge in [-0.3, -0.25) is 0 Å². The van der Waals surface area contributed by atoms with Crippen LogP contribution in [0.2, 0.25) is 0 Å². The van der Waals surface area contributed by atoms with E-state index >= 15 is 0 Å². The van der Waals surface area contributed by atoms with Gasteiger partial charge < -0.3 is 10.5 Å². The van der Waals surface area contributed by atoms with Gasteiger partial charge in [-0.2, -0.15) is 0 Å². The van der Waals surface area contributed by atoms with E-state index < -0.39 is 12.1 Å². The number of carbonyl (C=O) groups is 2. The molecule has 0 atom stereocenters. The maximum atomic E-state index is 10.6. The average molecular weight is 191 g/mol. The quantitative estimate of drug-likeness (QED) is 0.533. The number of hydrazine groups is 1. The molecule has 0 heterocycles. The largest absolute Gasteiger partial charge is 0.446 e. The minimum absolute atomic E-state index is 0.232. The zero-order valence-electron chi connectivity index (χ0n) is 8.38. The van der Waals surface area contributed by atoms with Gasteiger partial charge in [-0.25, -0.2) is 20.4 Å². The lowest BCUT2D eigenvalue weighted by Gasteiger charge is -2.08. The van der Waals surface area contributed by atoms with Crippen LogP contribution in [0.3, 0.4) is 0 Å². The van der Waals surface area contributed by atoms with Crippen molar-refractivity contribution in [1.82, 2.24) is 10.9 Å². The van der Waals surface area contributed by atoms with Crippen molar-refractivity contribution >= 4 is 12.1 Å². The fourth-order valence-electron chi connectivity index (χ4n) is 0.356. The third kappa shape index (κ3) is 13.5. The third-order valence-electron chi connectivity index (χ3n) is 0.631. The van der Waals surface area contributed by atoms with E-state index in [1.165, 1.54) is 0 Å². The van der Waals surface area contributed by atoms with Gasteiger partial charge in [0, 0.05) is 0 Å². The molecular formula is C7H17N3O3. The molecule has 0 fully saturated rings. The topological polar surface area (TPSA) is 93.4 Å². The number of rotatable bonds is 1. The van der Waals surface area contributed by atoms with Gasteiger partial charge in [-0.1, -0.05) is 13.8 Å². The number of hydrogen-bond acceptors (Lipinski definition) is 3. The van der Waals surface area contributed by atoms with E-state index in [0.717, 1.165) is 0 Å². The fourth-order valence-corrected chi connectivity index (χ4v) is 0.356. The van der Waals surface area contributed by atoms with Crippen LogP contribution in [0.15, 0.2) is 0 Å². The number of primary amides is 1. The highest BCUT2D eigenvalue weighted by Crippen LogP contribution is 1.86. The van der Waals surface area contributed by atoms with Crippen molar-refractivity contribution in [3.63, 3.8) is 0 Å². The zero-order valence-corrected chi connectivity index (χ0v) is 8.38. The number of ether oxygens (including phenoxy) is 1. The molecule has 0 aromatic rings. The summed E-state index contributed by atoms with van der Waals surface area (Å²) in [5, 5.41) is 0. The normalized spacial score (nSPS) is 8.08. The van der Waals surface area contributed by atoms with Gasteiger partial charge in [0.05, 0.1) is 6.10 Å². The van der Waals surface area contributed by atoms with Crippen LogP contribution in [0.5, 0.6) is 0 Å². The molecule has 0 aromatic heterocycles. The summed E-state index contributed by atoms with van der Waals surface area (Å²) in [6.07, 6.45) is -0.969. The van der Waals surface area contributed by atoms with Gasteiger partial charge in [0.15, 0.2) is 0 Å². The Morgan fingerprint density at radius 3 is 2.00 bits per heavy atom. The lowest BCUT2D eigenvalue weighted by molar-refractivity contribution is 0.112. The van der Waals surface area contributed by atoms with Crippen molar-refractivity contribution in [3.05, 3.63) is 0 Å². The van der Waals surface area contributed by atoms with Crippen LogP contribution in [0, 0.1) is 0 Å². The standard InChI is InChI=1S/C5H11N3O3.C2H6/c1-3(2)11-5(10)8-7-4(6)9;1-2/h3H,1-2H3,(H,8,10)(H3,6,7,9);1-2H3. The number of nitrogens with one attached hydrogen (secondary N) is 2. The lowest BCUT2D eigenvalue weighted by Crippen LogP contribution is -2.45. The molecule has 0 spiro atoms. The molecule has 13 heavy (non-hydrogen) atoms. The van der Waals surface area contributed by atoms with Crippen LogP contribution < -0.4 is 16.6 Å². The molecule has 3 amide bonds. The molecule has 0 radical (unpaired) electrons. The summed E-state index contributed by atoms with van der Waals surface area (Å²) in [6.45, 7) is 7.37. The maximum absolute atomic E-state index is 10.6. The van der Waals surface area contributed by atoms with Gasteiger partial charge in [-0.15, -0.1) is 0 Å². The van der Waals surface area contributed by atoms with Crippen LogP contribution in [-0.4, -0.2) is 18.2 Å². The predicted octanol–water partition coefficient (Wildman–Crippen LogP) is 0.731. The maximum Gasteiger partial charge on any atom is 0.426 e. The van der Waals surface area contributed by atoms with Crippen LogP contribution in [0.25, 0.3) is 0 Å². The second-order valence-electron chi connectivity index (χ2n) is 2.07. The first-order valence-electron chi connectivity index (χ1n) is 4.04. The van der Waals surface area contributed by atoms with Crippen molar-refractivity contribution in [3.8, 4) is 0 Å². The van der Waals surface area contributed by atoms with Gasteiger partial charge in [0.2, 0.25) is 0 Å². The van der Waals surface area contributed by atoms with Gasteiger partial charge in [0.25, 0.3) is 0 Å². The van der Waals surface area contributed by atoms with Crippen LogP contribution in [0.1, 0.15) is 27.7 Å². The number of nitrogens with two attached hydrogens (primary N) is 1. The van der Waals surface area contributed by atoms with E-state index in [-0.39, 0.29) is 6.10 Å². The molecule has 0 aliphatic rings. The average Bonchev–Trinajstić information content (AvgIpc) is 2.03. The SMILES string of the molecule is CC.CC(C)OC(=O)NNC(N)=O. The summed E-state index contributed by atoms with van der Waals surface area (Å²) in [4.78, 5) is 20.6. The summed E-state index contributed by atoms with van der Waals surface area (Å²) < 4.78 is 4.58. The Labute approximate surface area is 77.8 Å². The van der Waals surface area contributed by atoms with E-state index in [1.807, 2.05) is 24.7 Å². The molecule has 78 valence electrons. The molecule has 6 heteroatoms. The van der Waals surface area contributed by atoms with Crippen LogP contribution in [-0.2, 0) is 4.74 Å². The highest BCUT2D eigenvalue weighted by Gasteiger charge is 2.03. The third-order valence-corrected chi connectivity index (χ3v) is 0.631. The number of carbonyl (C=O) groups excluding carboxylic acids is 2. The van der Waals surface area contributed by atoms with Crippen molar-refractivity contribution in [2.45, 2.75) is 33.8 Å². The predicted molar refractivity (Wildman–Crippen MR) is 48.8 cm³/mol. The summed E-state index contributed by atoms with van der Waals surface area (Å²) in [6, 6.07) is -0.842. The highest BCUT2D eigenvalue weighted by atomic mass is 16.6. The lowest BCUT2D eigenvalue weighted by atomic mass is 10.5. The van der Waals surface area contributed by atoms with Crippen molar-refractivity contribution in [2.24, 2.45) is 5.73 Å². The van der Waals surface area contributed by atoms with E-state index in [9.17, 15) is 9.59 Å². The van der Waals surface area contributed by atoms with E-state index in [2.05, 4.69) is 10.5 Å². The summed E-state index contributed by atoms with van der Waals surface area (Å²) in [7, 11) is 0. The first-order chi connectivity index (χ1) is 6.02. The molecule has 4 N–H and O–H groups in total. The molecule has 0 aliphatic heterocycles. The van der Waals surface area contributed by atoms with Crippen LogP contribution >= 0.6 is 0 Å². The Kier molecular flexibility index (Phi) is 9.36. The zero-order chi connectivity index (χ0) is 10.9. The smallest absolute Gasteiger partial charge is 0.426 e. The van der Waals surface area contributed by atoms with Gasteiger partial charge in [-0.05, 0) is 13.8 Å². The van der Waals surface area contributed by atoms with E-state index in [0.29, 0.717) is 0 Å². The Balaban J connectivity index is 0. The fraction of sp³-hybridized carbons (Fsp3) is 0.714. The first-order valence-corrected chi connectivity index (χ1v) is 4.04. The summed E-state index contributed by atoms with van der Waals surface area (Å²) >= 11 is 0. The summed E-state index contributed by atoms with van der Waals surface area (Å²) in [5.74, 6) is 0. The molecule has 0 aliphatic carbocycles. The van der Waals surface area contributed by atoms with Crippen molar-refractivity contribution in [1.29, 1.82) is 0 Å². The molecule has 0 rings (SSSR count). The number of hydrogen-bond donors (Lipinski definition) is 3. The number of amides is 3. The van der Waals surface area contributed by atoms with Crippen molar-refractivity contribution < 1.29 is 14.3 Å². The summed E-state index contributed by atoms with van der Waals surface area (Å²) in [5.41, 5.74) is 8.44. The van der Waals surface area contributed by atoms with Gasteiger partial charge in [0.1, 0.15) is 0 Å². The van der Waals surface area contributed by atoms with E-state index in [4.69, 9.17) is 0 Å². The Morgan fingerprint density at radius 2 is 1.69 bits per heavy atom. The molecule has 0 aromatic carbocycles. The van der Waals surface area contributed by atoms with Crippen LogP contribution in [0.4, 0.5) is 9.59 Å². The monoisotopic (exact) mass is 191 g/mol. The molecule has 0 unspecified atom stereocenters. The Morgan fingerprint density at radius 1 is 1.23 bits per heavy atom. The highest BCUT2D eigenvalue weighted by molar-refractivity contribution is 5.76. The molecule has 0 saturated heterocycles. The molecule has 0 bridgehead atoms. The second kappa shape index (κ2) is 8.63. The minimum atomic E-state index is -0.842. The minimum Gasteiger partial charge on any atom is -0.446 e. The first kappa shape index (κ1) is 14.1. The molecule has 6 nitrogen and oxygen atoms in total. The molecular weight excluding hydrogens is 174 g/mol. The van der Waals surface area contributed by atoms with Crippen molar-refractivity contribution in [2.75, 3.05) is 0 Å². The molecule has 0 saturated carbocycles. The van der Waals surface area contributed by atoms with E-state index in [1.54, 1.807) is 13.8 Å². The van der Waals surface area contributed by atoms with Gasteiger partial charge >= 0.3 is 12.1 Å². The second-order valence-corrected chi connectivity index (χ2v) is 2.07. The Hall–Kier alpha value is -1.46. The Bertz CT molecular complexity index is 159.